The van der Waals surface area contributed by atoms with E-state index < -0.39 is 53.1 Å². The molecule has 0 radical (unpaired) electrons. The lowest BCUT2D eigenvalue weighted by Crippen LogP contribution is -2.41. The number of nitrogens with one attached hydrogen (secondary N) is 1. The lowest BCUT2D eigenvalue weighted by atomic mass is 10.2. The molecule has 0 fully saturated rings. The number of carbonyl (C=O) groups is 1. The van der Waals surface area contributed by atoms with Crippen LogP contribution in [0.5, 0.6) is 17.2 Å². The van der Waals surface area contributed by atoms with Gasteiger partial charge in [-0.25, -0.2) is 21.6 Å². The zero-order chi connectivity index (χ0) is 41.5. The molecule has 0 aliphatic carbocycles. The van der Waals surface area contributed by atoms with Gasteiger partial charge in [0.25, 0.3) is 0 Å². The number of hydrogen-bond donors (Lipinski definition) is 1. The predicted octanol–water partition coefficient (Wildman–Crippen LogP) is 6.10. The number of sulfone groups is 1. The maximum atomic E-state index is 15.4. The second-order valence-corrected chi connectivity index (χ2v) is 19.1. The van der Waals surface area contributed by atoms with Crippen molar-refractivity contribution in [2.75, 3.05) is 27.1 Å². The summed E-state index contributed by atoms with van der Waals surface area (Å²) in [5.41, 5.74) is 1.17. The molecule has 0 aliphatic rings. The summed E-state index contributed by atoms with van der Waals surface area (Å²) in [6, 6.07) is 22.8. The maximum Gasteiger partial charge on any atom is 0.407 e. The van der Waals surface area contributed by atoms with Gasteiger partial charge in [0.1, 0.15) is 27.7 Å². The summed E-state index contributed by atoms with van der Waals surface area (Å²) >= 11 is 1.95. The zero-order valence-corrected chi connectivity index (χ0v) is 36.4. The molecule has 0 aliphatic heterocycles. The molecule has 5 aromatic rings. The Bertz CT molecular complexity index is 2340. The van der Waals surface area contributed by atoms with Crippen LogP contribution < -0.4 is 19.5 Å². The number of halogens is 1. The van der Waals surface area contributed by atoms with Crippen molar-refractivity contribution in [1.29, 1.82) is 0 Å². The van der Waals surface area contributed by atoms with Crippen LogP contribution in [0.25, 0.3) is 11.4 Å². The summed E-state index contributed by atoms with van der Waals surface area (Å²) in [5, 5.41) is 15.6. The Morgan fingerprint density at radius 1 is 0.789 bits per heavy atom. The quantitative estimate of drug-likeness (QED) is 0.113. The largest absolute Gasteiger partial charge is 0.497 e. The summed E-state index contributed by atoms with van der Waals surface area (Å²) in [7, 11) is -4.58. The molecule has 1 atom stereocenters. The number of alkyl carbamates (subject to hydrolysis) is 1. The molecule has 57 heavy (non-hydrogen) atoms. The first-order valence-electron chi connectivity index (χ1n) is 17.6. The molecule has 15 nitrogen and oxygen atoms in total. The summed E-state index contributed by atoms with van der Waals surface area (Å²) in [5.74, 6) is 1.07. The molecule has 0 saturated heterocycles. The Balaban J connectivity index is 1.66. The molecule has 1 amide bonds. The highest BCUT2D eigenvalue weighted by molar-refractivity contribution is 14.1. The summed E-state index contributed by atoms with van der Waals surface area (Å²) in [6.07, 6.45) is -0.816. The third-order valence-corrected chi connectivity index (χ3v) is 13.3. The number of nitrogens with zero attached hydrogens (tertiary/aromatic N) is 5. The Kier molecular flexibility index (Phi) is 13.8. The van der Waals surface area contributed by atoms with E-state index in [-0.39, 0.29) is 31.0 Å². The monoisotopic (exact) mass is 932 g/mol. The number of sulfonamides is 1. The average Bonchev–Trinajstić information content (AvgIpc) is 3.61. The fourth-order valence-corrected chi connectivity index (χ4v) is 10.6. The van der Waals surface area contributed by atoms with Gasteiger partial charge in [0, 0.05) is 22.7 Å². The number of aromatic nitrogens is 4. The van der Waals surface area contributed by atoms with Crippen LogP contribution >= 0.6 is 22.6 Å². The molecule has 1 N–H and O–H groups in total. The standard InChI is InChI=1S/C39H45IN6O9S2/c1-26(41-38(47)55-39(2,3)4)25-56(48,49)34-21-20-33(40)35(37-42-44-46(43-37)24-29-12-18-32(54-7)19-13-29)36(34)57(50,51)45(22-27-8-14-30(52-5)15-9-27)23-28-10-16-31(53-6)17-11-28/h8-21,26H,22-25H2,1-7H3,(H,41,47)/t26-/m0/s1. The third kappa shape index (κ3) is 11.2. The van der Waals surface area contributed by atoms with E-state index in [1.165, 1.54) is 42.4 Å². The van der Waals surface area contributed by atoms with E-state index in [9.17, 15) is 13.2 Å². The summed E-state index contributed by atoms with van der Waals surface area (Å²) in [6.45, 7) is 6.45. The van der Waals surface area contributed by atoms with E-state index in [0.717, 1.165) is 5.56 Å². The maximum absolute atomic E-state index is 15.4. The fraction of sp³-hybridized carbons (Fsp3) is 0.333. The first kappa shape index (κ1) is 43.3. The van der Waals surface area contributed by atoms with Crippen LogP contribution in [-0.2, 0) is 44.2 Å². The van der Waals surface area contributed by atoms with Crippen LogP contribution in [-0.4, -0.2) is 86.2 Å². The van der Waals surface area contributed by atoms with Crippen molar-refractivity contribution in [1.82, 2.24) is 29.8 Å². The molecule has 0 saturated carbocycles. The molecule has 5 rings (SSSR count). The second kappa shape index (κ2) is 18.2. The molecular weight excluding hydrogens is 887 g/mol. The van der Waals surface area contributed by atoms with Gasteiger partial charge in [-0.05, 0) is 121 Å². The summed E-state index contributed by atoms with van der Waals surface area (Å²) in [4.78, 5) is 12.9. The van der Waals surface area contributed by atoms with Crippen molar-refractivity contribution in [2.24, 2.45) is 0 Å². The molecular formula is C39H45IN6O9S2. The topological polar surface area (TPSA) is 181 Å². The van der Waals surface area contributed by atoms with Gasteiger partial charge in [-0.3, -0.25) is 0 Å². The van der Waals surface area contributed by atoms with Crippen molar-refractivity contribution < 1.29 is 40.6 Å². The number of methoxy groups -OCH3 is 3. The number of rotatable bonds is 16. The number of ether oxygens (including phenoxy) is 4. The third-order valence-electron chi connectivity index (χ3n) is 8.43. The van der Waals surface area contributed by atoms with E-state index in [1.807, 2.05) is 34.7 Å². The number of amides is 1. The van der Waals surface area contributed by atoms with E-state index in [0.29, 0.717) is 31.9 Å². The highest BCUT2D eigenvalue weighted by atomic mass is 127. The number of benzene rings is 4. The molecule has 1 aromatic heterocycles. The molecule has 0 unspecified atom stereocenters. The van der Waals surface area contributed by atoms with Gasteiger partial charge in [0.05, 0.1) is 44.1 Å². The van der Waals surface area contributed by atoms with Crippen molar-refractivity contribution in [3.8, 4) is 28.6 Å². The van der Waals surface area contributed by atoms with Gasteiger partial charge < -0.3 is 24.3 Å². The molecule has 0 bridgehead atoms. The van der Waals surface area contributed by atoms with E-state index in [4.69, 9.17) is 18.9 Å². The van der Waals surface area contributed by atoms with Gasteiger partial charge in [0.15, 0.2) is 9.84 Å². The van der Waals surface area contributed by atoms with Crippen LogP contribution in [0.3, 0.4) is 0 Å². The minimum absolute atomic E-state index is 0.0418. The number of hydrogen-bond acceptors (Lipinski definition) is 12. The molecule has 18 heteroatoms. The molecule has 304 valence electrons. The average molecular weight is 933 g/mol. The van der Waals surface area contributed by atoms with E-state index in [2.05, 4.69) is 20.7 Å². The number of tetrazole rings is 1. The number of carbonyl (C=O) groups excluding carboxylic acids is 1. The fourth-order valence-electron chi connectivity index (χ4n) is 5.75. The van der Waals surface area contributed by atoms with E-state index >= 15 is 8.42 Å². The lowest BCUT2D eigenvalue weighted by molar-refractivity contribution is 0.0513. The van der Waals surface area contributed by atoms with Crippen LogP contribution in [0.1, 0.15) is 44.4 Å². The minimum Gasteiger partial charge on any atom is -0.497 e. The van der Waals surface area contributed by atoms with Crippen molar-refractivity contribution >= 4 is 48.5 Å². The highest BCUT2D eigenvalue weighted by Crippen LogP contribution is 2.38. The Morgan fingerprint density at radius 2 is 1.28 bits per heavy atom. The van der Waals surface area contributed by atoms with Gasteiger partial charge in [0.2, 0.25) is 15.8 Å². The Morgan fingerprint density at radius 3 is 1.75 bits per heavy atom. The molecule has 1 heterocycles. The minimum atomic E-state index is -4.74. The second-order valence-electron chi connectivity index (χ2n) is 14.0. The molecule has 0 spiro atoms. The van der Waals surface area contributed by atoms with E-state index in [1.54, 1.807) is 88.5 Å². The van der Waals surface area contributed by atoms with Gasteiger partial charge in [-0.2, -0.15) is 9.10 Å². The normalized spacial score (nSPS) is 12.6. The Hall–Kier alpha value is -4.79. The van der Waals surface area contributed by atoms with Crippen molar-refractivity contribution in [3.63, 3.8) is 0 Å². The van der Waals surface area contributed by atoms with Crippen LogP contribution in [0.4, 0.5) is 4.79 Å². The van der Waals surface area contributed by atoms with Gasteiger partial charge in [-0.1, -0.05) is 36.4 Å². The first-order chi connectivity index (χ1) is 26.9. The van der Waals surface area contributed by atoms with Crippen LogP contribution in [0, 0.1) is 3.57 Å². The van der Waals surface area contributed by atoms with Crippen molar-refractivity contribution in [3.05, 3.63) is 105 Å². The summed E-state index contributed by atoms with van der Waals surface area (Å²) < 4.78 is 82.5. The van der Waals surface area contributed by atoms with Gasteiger partial charge >= 0.3 is 6.09 Å². The predicted molar refractivity (Wildman–Crippen MR) is 221 cm³/mol. The lowest BCUT2D eigenvalue weighted by Gasteiger charge is -2.26. The Labute approximate surface area is 346 Å². The smallest absolute Gasteiger partial charge is 0.407 e. The SMILES string of the molecule is COc1ccc(CN(Cc2ccc(OC)cc2)S(=O)(=O)c2c(S(=O)(=O)C[C@H](C)NC(=O)OC(C)(C)C)ccc(I)c2-c2nnn(Cc3ccc(OC)cc3)n2)cc1. The van der Waals surface area contributed by atoms with Crippen molar-refractivity contribution in [2.45, 2.75) is 68.8 Å². The van der Waals surface area contributed by atoms with Crippen LogP contribution in [0.2, 0.25) is 0 Å². The van der Waals surface area contributed by atoms with Crippen LogP contribution in [0.15, 0.2) is 94.7 Å². The van der Waals surface area contributed by atoms with Gasteiger partial charge in [-0.15, -0.1) is 10.2 Å². The highest BCUT2D eigenvalue weighted by Gasteiger charge is 2.38. The first-order valence-corrected chi connectivity index (χ1v) is 21.8. The molecule has 4 aromatic carbocycles. The zero-order valence-electron chi connectivity index (χ0n) is 32.6.